The SMILES string of the molecule is Br.CC=CCC(=O)C1=CCN(CC)CC1. The topological polar surface area (TPSA) is 20.3 Å². The summed E-state index contributed by atoms with van der Waals surface area (Å²) in [4.78, 5) is 14.0. The standard InChI is InChI=1S/C12H19NO.BrH/c1-3-5-6-12(14)11-7-9-13(4-2)10-8-11;/h3,5,7H,4,6,8-10H2,1-2H3;1H. The second-order valence-electron chi connectivity index (χ2n) is 3.57. The first-order valence-corrected chi connectivity index (χ1v) is 5.33. The van der Waals surface area contributed by atoms with Crippen LogP contribution in [0.5, 0.6) is 0 Å². The van der Waals surface area contributed by atoms with Gasteiger partial charge in [0.1, 0.15) is 0 Å². The summed E-state index contributed by atoms with van der Waals surface area (Å²) in [5, 5.41) is 0. The number of ketones is 1. The van der Waals surface area contributed by atoms with Gasteiger partial charge in [0.15, 0.2) is 5.78 Å². The number of hydrogen-bond acceptors (Lipinski definition) is 2. The van der Waals surface area contributed by atoms with Crippen LogP contribution in [0.1, 0.15) is 26.7 Å². The molecule has 0 amide bonds. The predicted octanol–water partition coefficient (Wildman–Crippen LogP) is 2.75. The van der Waals surface area contributed by atoms with Gasteiger partial charge in [-0.05, 0) is 25.5 Å². The molecule has 0 atom stereocenters. The van der Waals surface area contributed by atoms with Crippen LogP contribution in [-0.4, -0.2) is 30.3 Å². The molecule has 86 valence electrons. The zero-order chi connectivity index (χ0) is 10.4. The normalized spacial score (nSPS) is 17.3. The Kier molecular flexibility index (Phi) is 7.61. The highest BCUT2D eigenvalue weighted by atomic mass is 79.9. The maximum Gasteiger partial charge on any atom is 0.162 e. The number of allylic oxidation sites excluding steroid dienone is 2. The van der Waals surface area contributed by atoms with Gasteiger partial charge in [-0.15, -0.1) is 17.0 Å². The lowest BCUT2D eigenvalue weighted by atomic mass is 10.0. The van der Waals surface area contributed by atoms with E-state index in [0.29, 0.717) is 12.2 Å². The Hall–Kier alpha value is -0.410. The molecule has 3 heteroatoms. The molecule has 0 aromatic carbocycles. The molecule has 1 aliphatic heterocycles. The van der Waals surface area contributed by atoms with E-state index in [1.165, 1.54) is 0 Å². The van der Waals surface area contributed by atoms with Crippen LogP contribution < -0.4 is 0 Å². The maximum atomic E-state index is 11.6. The molecule has 0 bridgehead atoms. The third-order valence-corrected chi connectivity index (χ3v) is 2.64. The molecular formula is C12H20BrNO. The molecule has 0 aliphatic carbocycles. The lowest BCUT2D eigenvalue weighted by Gasteiger charge is -2.23. The fourth-order valence-corrected chi connectivity index (χ4v) is 1.61. The summed E-state index contributed by atoms with van der Waals surface area (Å²) in [6.07, 6.45) is 7.42. The zero-order valence-electron chi connectivity index (χ0n) is 9.53. The van der Waals surface area contributed by atoms with Crippen molar-refractivity contribution in [2.75, 3.05) is 19.6 Å². The van der Waals surface area contributed by atoms with Crippen molar-refractivity contribution >= 4 is 22.8 Å². The van der Waals surface area contributed by atoms with Gasteiger partial charge in [0.25, 0.3) is 0 Å². The summed E-state index contributed by atoms with van der Waals surface area (Å²) < 4.78 is 0. The Labute approximate surface area is 103 Å². The van der Waals surface area contributed by atoms with E-state index in [1.807, 2.05) is 19.1 Å². The number of rotatable bonds is 4. The maximum absolute atomic E-state index is 11.6. The van der Waals surface area contributed by atoms with E-state index in [-0.39, 0.29) is 17.0 Å². The second-order valence-corrected chi connectivity index (χ2v) is 3.57. The van der Waals surface area contributed by atoms with E-state index in [4.69, 9.17) is 0 Å². The minimum Gasteiger partial charge on any atom is -0.300 e. The van der Waals surface area contributed by atoms with Gasteiger partial charge in [-0.1, -0.05) is 25.2 Å². The van der Waals surface area contributed by atoms with Crippen molar-refractivity contribution in [2.24, 2.45) is 0 Å². The first-order valence-electron chi connectivity index (χ1n) is 5.33. The second kappa shape index (κ2) is 7.83. The van der Waals surface area contributed by atoms with Crippen molar-refractivity contribution in [1.29, 1.82) is 0 Å². The molecule has 0 radical (unpaired) electrons. The fraction of sp³-hybridized carbons (Fsp3) is 0.583. The van der Waals surface area contributed by atoms with Gasteiger partial charge in [0.05, 0.1) is 0 Å². The zero-order valence-corrected chi connectivity index (χ0v) is 11.2. The highest BCUT2D eigenvalue weighted by Crippen LogP contribution is 2.13. The van der Waals surface area contributed by atoms with Crippen LogP contribution in [0.2, 0.25) is 0 Å². The summed E-state index contributed by atoms with van der Waals surface area (Å²) in [6, 6.07) is 0. The molecule has 0 fully saturated rings. The molecular weight excluding hydrogens is 254 g/mol. The molecule has 1 heterocycles. The van der Waals surface area contributed by atoms with Crippen LogP contribution in [0.25, 0.3) is 0 Å². The van der Waals surface area contributed by atoms with Gasteiger partial charge >= 0.3 is 0 Å². The highest BCUT2D eigenvalue weighted by Gasteiger charge is 2.14. The average Bonchev–Trinajstić information content (AvgIpc) is 2.26. The van der Waals surface area contributed by atoms with E-state index >= 15 is 0 Å². The van der Waals surface area contributed by atoms with Gasteiger partial charge < -0.3 is 0 Å². The quantitative estimate of drug-likeness (QED) is 0.735. The molecule has 0 spiro atoms. The van der Waals surface area contributed by atoms with Crippen LogP contribution in [0.15, 0.2) is 23.8 Å². The van der Waals surface area contributed by atoms with Crippen molar-refractivity contribution in [2.45, 2.75) is 26.7 Å². The monoisotopic (exact) mass is 273 g/mol. The van der Waals surface area contributed by atoms with E-state index < -0.39 is 0 Å². The van der Waals surface area contributed by atoms with Crippen molar-refractivity contribution in [3.63, 3.8) is 0 Å². The smallest absolute Gasteiger partial charge is 0.162 e. The molecule has 0 N–H and O–H groups in total. The molecule has 0 saturated heterocycles. The number of carbonyl (C=O) groups excluding carboxylic acids is 1. The van der Waals surface area contributed by atoms with E-state index in [1.54, 1.807) is 0 Å². The number of carbonyl (C=O) groups is 1. The Balaban J connectivity index is 0.00000196. The number of likely N-dealkylation sites (N-methyl/N-ethyl adjacent to an activating group) is 1. The lowest BCUT2D eigenvalue weighted by molar-refractivity contribution is -0.115. The lowest BCUT2D eigenvalue weighted by Crippen LogP contribution is -2.29. The first-order chi connectivity index (χ1) is 6.77. The Morgan fingerprint density at radius 1 is 1.60 bits per heavy atom. The summed E-state index contributed by atoms with van der Waals surface area (Å²) in [6.45, 7) is 7.14. The molecule has 15 heavy (non-hydrogen) atoms. The molecule has 0 unspecified atom stereocenters. The van der Waals surface area contributed by atoms with Gasteiger partial charge in [0, 0.05) is 19.5 Å². The molecule has 0 aromatic heterocycles. The van der Waals surface area contributed by atoms with E-state index in [2.05, 4.69) is 17.9 Å². The largest absolute Gasteiger partial charge is 0.300 e. The summed E-state index contributed by atoms with van der Waals surface area (Å²) in [5.41, 5.74) is 1.02. The first kappa shape index (κ1) is 14.6. The Morgan fingerprint density at radius 3 is 2.80 bits per heavy atom. The average molecular weight is 274 g/mol. The minimum atomic E-state index is 0. The highest BCUT2D eigenvalue weighted by molar-refractivity contribution is 8.93. The van der Waals surface area contributed by atoms with Gasteiger partial charge in [-0.25, -0.2) is 0 Å². The van der Waals surface area contributed by atoms with Gasteiger partial charge in [-0.3, -0.25) is 9.69 Å². The van der Waals surface area contributed by atoms with Crippen LogP contribution in [-0.2, 0) is 4.79 Å². The van der Waals surface area contributed by atoms with Gasteiger partial charge in [0.2, 0.25) is 0 Å². The van der Waals surface area contributed by atoms with Crippen molar-refractivity contribution in [1.82, 2.24) is 4.90 Å². The molecule has 2 nitrogen and oxygen atoms in total. The molecule has 0 saturated carbocycles. The van der Waals surface area contributed by atoms with Crippen LogP contribution >= 0.6 is 17.0 Å². The number of hydrogen-bond donors (Lipinski definition) is 0. The number of Topliss-reactive ketones (excluding diaryl/α,β-unsaturated/α-hetero) is 1. The van der Waals surface area contributed by atoms with Crippen molar-refractivity contribution in [3.8, 4) is 0 Å². The van der Waals surface area contributed by atoms with Gasteiger partial charge in [-0.2, -0.15) is 0 Å². The number of halogens is 1. The fourth-order valence-electron chi connectivity index (χ4n) is 1.61. The Bertz CT molecular complexity index is 258. The van der Waals surface area contributed by atoms with Crippen LogP contribution in [0, 0.1) is 0 Å². The molecule has 0 aromatic rings. The van der Waals surface area contributed by atoms with Crippen molar-refractivity contribution in [3.05, 3.63) is 23.8 Å². The summed E-state index contributed by atoms with van der Waals surface area (Å²) in [5.74, 6) is 0.291. The summed E-state index contributed by atoms with van der Waals surface area (Å²) in [7, 11) is 0. The third kappa shape index (κ3) is 4.76. The Morgan fingerprint density at radius 2 is 2.33 bits per heavy atom. The van der Waals surface area contributed by atoms with E-state index in [0.717, 1.165) is 31.6 Å². The van der Waals surface area contributed by atoms with Crippen molar-refractivity contribution < 1.29 is 4.79 Å². The van der Waals surface area contributed by atoms with Crippen LogP contribution in [0.3, 0.4) is 0 Å². The minimum absolute atomic E-state index is 0. The number of nitrogens with zero attached hydrogens (tertiary/aromatic N) is 1. The van der Waals surface area contributed by atoms with E-state index in [9.17, 15) is 4.79 Å². The molecule has 1 aliphatic rings. The third-order valence-electron chi connectivity index (χ3n) is 2.64. The molecule has 1 rings (SSSR count). The summed E-state index contributed by atoms with van der Waals surface area (Å²) >= 11 is 0. The van der Waals surface area contributed by atoms with Crippen LogP contribution in [0.4, 0.5) is 0 Å². The predicted molar refractivity (Wildman–Crippen MR) is 69.6 cm³/mol.